The van der Waals surface area contributed by atoms with Crippen LogP contribution in [0.3, 0.4) is 0 Å². The van der Waals surface area contributed by atoms with Crippen LogP contribution in [-0.4, -0.2) is 69.4 Å². The zero-order valence-corrected chi connectivity index (χ0v) is 28.0. The molecule has 0 bridgehead atoms. The molecule has 2 heterocycles. The molecule has 244 valence electrons. The average Bonchev–Trinajstić information content (AvgIpc) is 3.64. The molecule has 1 aliphatic carbocycles. The Labute approximate surface area is 269 Å². The molecule has 1 aromatic heterocycles. The third-order valence-electron chi connectivity index (χ3n) is 10.5. The fourth-order valence-corrected chi connectivity index (χ4v) is 7.92. The Hall–Kier alpha value is -3.03. The van der Waals surface area contributed by atoms with E-state index in [0.717, 1.165) is 76.0 Å². The number of aromatic nitrogens is 2. The first kappa shape index (κ1) is 33.3. The zero-order valence-electron chi connectivity index (χ0n) is 28.0. The number of hydrogen-bond acceptors (Lipinski definition) is 4. The maximum Gasteiger partial charge on any atom is 0.320 e. The highest BCUT2D eigenvalue weighted by molar-refractivity contribution is 5.73. The number of benzene rings is 2. The van der Waals surface area contributed by atoms with Crippen LogP contribution < -0.4 is 0 Å². The molecule has 2 fully saturated rings. The first-order chi connectivity index (χ1) is 21.6. The molecule has 2 aliphatic rings. The van der Waals surface area contributed by atoms with Crippen LogP contribution in [0, 0.1) is 17.7 Å². The number of rotatable bonds is 13. The summed E-state index contributed by atoms with van der Waals surface area (Å²) in [6.07, 6.45) is 6.56. The van der Waals surface area contributed by atoms with Crippen molar-refractivity contribution in [3.63, 3.8) is 0 Å². The van der Waals surface area contributed by atoms with Crippen LogP contribution in [0.5, 0.6) is 0 Å². The average molecular weight is 617 g/mol. The number of carbonyl (C=O) groups is 1. The van der Waals surface area contributed by atoms with Crippen molar-refractivity contribution in [3.8, 4) is 0 Å². The highest BCUT2D eigenvalue weighted by atomic mass is 19.1. The largest absolute Gasteiger partial charge is 0.480 e. The molecule has 45 heavy (non-hydrogen) atoms. The van der Waals surface area contributed by atoms with Gasteiger partial charge in [-0.3, -0.25) is 14.4 Å². The first-order valence-electron chi connectivity index (χ1n) is 17.2. The van der Waals surface area contributed by atoms with Gasteiger partial charge in [-0.1, -0.05) is 57.2 Å². The van der Waals surface area contributed by atoms with Crippen molar-refractivity contribution >= 4 is 5.97 Å². The van der Waals surface area contributed by atoms with Crippen molar-refractivity contribution in [2.24, 2.45) is 11.8 Å². The Morgan fingerprint density at radius 1 is 1.04 bits per heavy atom. The number of likely N-dealkylation sites (N-methyl/N-ethyl adjacent to an activating group) is 1. The predicted octanol–water partition coefficient (Wildman–Crippen LogP) is 7.37. The number of nitrogens with zero attached hydrogens (tertiary/aromatic N) is 4. The lowest BCUT2D eigenvalue weighted by Gasteiger charge is -2.35. The molecule has 2 aromatic carbocycles. The summed E-state index contributed by atoms with van der Waals surface area (Å²) in [6, 6.07) is 18.0. The van der Waals surface area contributed by atoms with Crippen LogP contribution in [-0.2, 0) is 24.2 Å². The molecule has 7 heteroatoms. The minimum absolute atomic E-state index is 0.163. The van der Waals surface area contributed by atoms with Crippen LogP contribution >= 0.6 is 0 Å². The molecule has 1 N–H and O–H groups in total. The van der Waals surface area contributed by atoms with Crippen molar-refractivity contribution < 1.29 is 14.3 Å². The van der Waals surface area contributed by atoms with E-state index in [4.69, 9.17) is 5.10 Å². The number of aryl methyl sites for hydroxylation is 2. The van der Waals surface area contributed by atoms with Crippen LogP contribution in [0.1, 0.15) is 99.7 Å². The number of aliphatic carboxylic acids is 1. The van der Waals surface area contributed by atoms with Gasteiger partial charge in [0, 0.05) is 37.2 Å². The molecular formula is C38H53FN4O2. The Morgan fingerprint density at radius 2 is 1.76 bits per heavy atom. The van der Waals surface area contributed by atoms with Gasteiger partial charge in [0.15, 0.2) is 0 Å². The quantitative estimate of drug-likeness (QED) is 0.217. The maximum absolute atomic E-state index is 14.4. The standard InChI is InChI=1S/C38H53FN4O2/c1-6-27-11-13-28(14-12-27)20-33-23-36(43(7-2)40-33)29-15-17-42(18-16-29)25-31-22-34(41(5)37(38(44)45)19-26(3)4)24-35(31)30-9-8-10-32(39)21-30/h8-14,21,23,26,29,31,34-35,37H,6-7,15-20,22,24-25H2,1-5H3,(H,44,45)/t31?,34?,35?,37-/m1/s1. The molecule has 4 atom stereocenters. The minimum Gasteiger partial charge on any atom is -0.480 e. The fourth-order valence-electron chi connectivity index (χ4n) is 7.92. The lowest BCUT2D eigenvalue weighted by molar-refractivity contribution is -0.144. The van der Waals surface area contributed by atoms with Crippen LogP contribution in [0.4, 0.5) is 4.39 Å². The lowest BCUT2D eigenvalue weighted by Crippen LogP contribution is -2.45. The van der Waals surface area contributed by atoms with E-state index in [2.05, 4.69) is 78.6 Å². The number of hydrogen-bond donors (Lipinski definition) is 1. The van der Waals surface area contributed by atoms with Crippen molar-refractivity contribution in [1.82, 2.24) is 19.6 Å². The number of piperidine rings is 1. The smallest absolute Gasteiger partial charge is 0.320 e. The van der Waals surface area contributed by atoms with Gasteiger partial charge >= 0.3 is 5.97 Å². The van der Waals surface area contributed by atoms with Gasteiger partial charge in [0.05, 0.1) is 5.69 Å². The highest BCUT2D eigenvalue weighted by Gasteiger charge is 2.41. The Balaban J connectivity index is 1.25. The normalized spacial score (nSPS) is 22.0. The third kappa shape index (κ3) is 8.23. The van der Waals surface area contributed by atoms with E-state index in [9.17, 15) is 14.3 Å². The molecule has 1 saturated heterocycles. The second kappa shape index (κ2) is 15.0. The van der Waals surface area contributed by atoms with Gasteiger partial charge < -0.3 is 10.0 Å². The van der Waals surface area contributed by atoms with Gasteiger partial charge in [0.1, 0.15) is 11.9 Å². The number of carboxylic acids is 1. The predicted molar refractivity (Wildman–Crippen MR) is 179 cm³/mol. The molecule has 1 aliphatic heterocycles. The Morgan fingerprint density at radius 3 is 2.38 bits per heavy atom. The molecule has 1 saturated carbocycles. The molecular weight excluding hydrogens is 563 g/mol. The second-order valence-electron chi connectivity index (χ2n) is 14.0. The molecule has 6 nitrogen and oxygen atoms in total. The summed E-state index contributed by atoms with van der Waals surface area (Å²) in [6.45, 7) is 12.4. The molecule has 0 radical (unpaired) electrons. The molecule has 0 amide bonds. The number of likely N-dealkylation sites (tertiary alicyclic amines) is 1. The van der Waals surface area contributed by atoms with Gasteiger partial charge in [0.2, 0.25) is 0 Å². The SMILES string of the molecule is CCc1ccc(Cc2cc(C3CCN(CC4CC(N(C)[C@H](CC(C)C)C(=O)O)CC4c4cccc(F)c4)CC3)n(CC)n2)cc1. The Bertz CT molecular complexity index is 1390. The van der Waals surface area contributed by atoms with Crippen LogP contribution in [0.2, 0.25) is 0 Å². The van der Waals surface area contributed by atoms with Gasteiger partial charge in [0.25, 0.3) is 0 Å². The van der Waals surface area contributed by atoms with Crippen molar-refractivity contribution in [1.29, 1.82) is 0 Å². The van der Waals surface area contributed by atoms with Crippen molar-refractivity contribution in [3.05, 3.63) is 88.5 Å². The van der Waals surface area contributed by atoms with Crippen LogP contribution in [0.25, 0.3) is 0 Å². The summed E-state index contributed by atoms with van der Waals surface area (Å²) in [5, 5.41) is 15.0. The van der Waals surface area contributed by atoms with E-state index in [-0.39, 0.29) is 17.8 Å². The monoisotopic (exact) mass is 616 g/mol. The summed E-state index contributed by atoms with van der Waals surface area (Å²) < 4.78 is 16.6. The first-order valence-corrected chi connectivity index (χ1v) is 17.2. The molecule has 3 unspecified atom stereocenters. The van der Waals surface area contributed by atoms with Crippen molar-refractivity contribution in [2.45, 2.75) is 103 Å². The minimum atomic E-state index is -0.747. The van der Waals surface area contributed by atoms with E-state index in [1.54, 1.807) is 6.07 Å². The van der Waals surface area contributed by atoms with Gasteiger partial charge in [-0.25, -0.2) is 4.39 Å². The topological polar surface area (TPSA) is 61.6 Å². The second-order valence-corrected chi connectivity index (χ2v) is 14.0. The van der Waals surface area contributed by atoms with Gasteiger partial charge in [-0.15, -0.1) is 0 Å². The zero-order chi connectivity index (χ0) is 32.1. The number of carboxylic acid groups (broad SMARTS) is 1. The van der Waals surface area contributed by atoms with Gasteiger partial charge in [-0.05, 0) is 118 Å². The molecule has 0 spiro atoms. The van der Waals surface area contributed by atoms with Crippen LogP contribution in [0.15, 0.2) is 54.6 Å². The maximum atomic E-state index is 14.4. The summed E-state index contributed by atoms with van der Waals surface area (Å²) >= 11 is 0. The summed E-state index contributed by atoms with van der Waals surface area (Å²) in [5.41, 5.74) is 6.23. The highest BCUT2D eigenvalue weighted by Crippen LogP contribution is 2.43. The van der Waals surface area contributed by atoms with Crippen molar-refractivity contribution in [2.75, 3.05) is 26.7 Å². The molecule has 3 aromatic rings. The molecule has 5 rings (SSSR count). The third-order valence-corrected chi connectivity index (χ3v) is 10.5. The fraction of sp³-hybridized carbons (Fsp3) is 0.579. The van der Waals surface area contributed by atoms with Gasteiger partial charge in [-0.2, -0.15) is 5.10 Å². The summed E-state index contributed by atoms with van der Waals surface area (Å²) in [7, 11) is 1.98. The lowest BCUT2D eigenvalue weighted by atomic mass is 9.87. The Kier molecular flexibility index (Phi) is 11.1. The summed E-state index contributed by atoms with van der Waals surface area (Å²) in [4.78, 5) is 16.9. The van der Waals surface area contributed by atoms with E-state index in [1.165, 1.54) is 22.9 Å². The van der Waals surface area contributed by atoms with E-state index in [1.807, 2.05) is 13.1 Å². The number of halogens is 1. The van der Waals surface area contributed by atoms with E-state index in [0.29, 0.717) is 24.2 Å². The van der Waals surface area contributed by atoms with E-state index >= 15 is 0 Å². The van der Waals surface area contributed by atoms with E-state index < -0.39 is 12.0 Å². The summed E-state index contributed by atoms with van der Waals surface area (Å²) in [5.74, 6) is 0.433.